The summed E-state index contributed by atoms with van der Waals surface area (Å²) in [7, 11) is -3.36. The van der Waals surface area contributed by atoms with E-state index in [0.717, 1.165) is 11.3 Å². The lowest BCUT2D eigenvalue weighted by atomic mass is 10.00. The standard InChI is InChI=1S/C36H29ClF6N8O4S2/c1-20-47-28-16-46-32(49(2)23-8-12-50(13-9-23)18-35(38,39)40)26(15-44)29(28)34(53)51(20)11-3-4-21-5-6-22(37)14-25(21)24-7-10-45-30-27(17-56-31(24)30)33(52)48-57(54,55)19-36(41,42)43/h5-7,10,14,16-17,23H,8-9,11-13,18-19H2,1-2H3,(H,48,52). The van der Waals surface area contributed by atoms with Crippen LogP contribution >= 0.6 is 22.9 Å². The van der Waals surface area contributed by atoms with Crippen LogP contribution in [0.1, 0.15) is 40.2 Å². The number of rotatable bonds is 8. The number of carbonyl (C=O) groups is 1. The van der Waals surface area contributed by atoms with Gasteiger partial charge in [-0.3, -0.25) is 24.0 Å². The van der Waals surface area contributed by atoms with Crippen molar-refractivity contribution in [2.45, 2.75) is 44.7 Å². The Morgan fingerprint density at radius 2 is 1.82 bits per heavy atom. The summed E-state index contributed by atoms with van der Waals surface area (Å²) in [6.45, 7) is 0.802. The number of likely N-dealkylation sites (tertiary alicyclic amines) is 1. The zero-order valence-electron chi connectivity index (χ0n) is 29.8. The minimum absolute atomic E-state index is 0.00589. The van der Waals surface area contributed by atoms with Gasteiger partial charge in [-0.25, -0.2) is 23.1 Å². The number of halogens is 7. The van der Waals surface area contributed by atoms with Gasteiger partial charge in [0.2, 0.25) is 10.0 Å². The number of benzene rings is 1. The Kier molecular flexibility index (Phi) is 11.6. The SMILES string of the molecule is Cc1nc2cnc(N(C)C3CCN(CC(F)(F)F)CC3)c(C#N)c2c(=O)n1CC#Cc1ccc(Cl)cc1-c1ccnc2c(C(=O)NS(=O)(=O)CC(F)(F)F)csc12. The average Bonchev–Trinajstić information content (AvgIpc) is 3.56. The highest BCUT2D eigenvalue weighted by Crippen LogP contribution is 2.37. The van der Waals surface area contributed by atoms with Gasteiger partial charge in [0.05, 0.1) is 46.0 Å². The van der Waals surface area contributed by atoms with Gasteiger partial charge in [-0.1, -0.05) is 23.4 Å². The Balaban J connectivity index is 1.30. The number of carbonyl (C=O) groups excluding carboxylic acids is 1. The number of piperidine rings is 1. The number of amides is 1. The van der Waals surface area contributed by atoms with Crippen LogP contribution in [0.25, 0.3) is 32.2 Å². The number of fused-ring (bicyclic) bond motifs is 2. The highest BCUT2D eigenvalue weighted by molar-refractivity contribution is 7.90. The van der Waals surface area contributed by atoms with Crippen molar-refractivity contribution in [2.75, 3.05) is 37.3 Å². The molecule has 0 unspecified atom stereocenters. The molecule has 1 N–H and O–H groups in total. The topological polar surface area (TPSA) is 154 Å². The first-order valence-corrected chi connectivity index (χ1v) is 19.7. The number of hydrogen-bond donors (Lipinski definition) is 1. The zero-order valence-corrected chi connectivity index (χ0v) is 32.2. The molecule has 57 heavy (non-hydrogen) atoms. The van der Waals surface area contributed by atoms with Crippen LogP contribution in [0.2, 0.25) is 5.02 Å². The predicted octanol–water partition coefficient (Wildman–Crippen LogP) is 6.04. The number of aromatic nitrogens is 4. The summed E-state index contributed by atoms with van der Waals surface area (Å²) in [4.78, 5) is 42.9. The smallest absolute Gasteiger partial charge is 0.355 e. The zero-order chi connectivity index (χ0) is 41.4. The summed E-state index contributed by atoms with van der Waals surface area (Å²) in [5.41, 5.74) is 0.720. The highest BCUT2D eigenvalue weighted by atomic mass is 35.5. The van der Waals surface area contributed by atoms with Gasteiger partial charge in [-0.2, -0.15) is 31.6 Å². The number of aryl methyl sites for hydroxylation is 1. The minimum Gasteiger partial charge on any atom is -0.355 e. The largest absolute Gasteiger partial charge is 0.404 e. The van der Waals surface area contributed by atoms with E-state index in [1.165, 1.54) is 32.0 Å². The Bertz CT molecular complexity index is 2680. The number of alkyl halides is 6. The third-order valence-corrected chi connectivity index (χ3v) is 11.6. The van der Waals surface area contributed by atoms with Crippen LogP contribution in [0.15, 0.2) is 46.8 Å². The normalized spacial score (nSPS) is 14.3. The first-order chi connectivity index (χ1) is 26.7. The molecule has 6 rings (SSSR count). The molecule has 12 nitrogen and oxygen atoms in total. The van der Waals surface area contributed by atoms with E-state index >= 15 is 0 Å². The summed E-state index contributed by atoms with van der Waals surface area (Å²) < 4.78 is 104. The molecule has 1 fully saturated rings. The van der Waals surface area contributed by atoms with E-state index < -0.39 is 46.1 Å². The lowest BCUT2D eigenvalue weighted by Gasteiger charge is -2.37. The van der Waals surface area contributed by atoms with Gasteiger partial charge < -0.3 is 4.90 Å². The number of nitrogens with zero attached hydrogens (tertiary/aromatic N) is 7. The Morgan fingerprint density at radius 3 is 2.49 bits per heavy atom. The third kappa shape index (κ3) is 9.31. The van der Waals surface area contributed by atoms with Crippen LogP contribution in [0.5, 0.6) is 0 Å². The second-order valence-corrected chi connectivity index (χ2v) is 16.1. The first kappa shape index (κ1) is 41.4. The summed E-state index contributed by atoms with van der Waals surface area (Å²) in [5, 5.41) is 11.8. The summed E-state index contributed by atoms with van der Waals surface area (Å²) in [6, 6.07) is 8.22. The molecule has 1 amide bonds. The number of nitriles is 1. The van der Waals surface area contributed by atoms with E-state index in [1.54, 1.807) is 43.1 Å². The maximum Gasteiger partial charge on any atom is 0.404 e. The number of anilines is 1. The van der Waals surface area contributed by atoms with Crippen molar-refractivity contribution in [1.82, 2.24) is 29.1 Å². The second kappa shape index (κ2) is 15.9. The van der Waals surface area contributed by atoms with Crippen molar-refractivity contribution in [3.63, 3.8) is 0 Å². The Hall–Kier alpha value is -5.28. The molecule has 0 spiro atoms. The van der Waals surface area contributed by atoms with Crippen LogP contribution in [-0.4, -0.2) is 89.6 Å². The predicted molar refractivity (Wildman–Crippen MR) is 201 cm³/mol. The molecule has 1 saturated heterocycles. The summed E-state index contributed by atoms with van der Waals surface area (Å²) in [5.74, 6) is 2.92. The molecule has 1 aliphatic rings. The molecule has 0 bridgehead atoms. The third-order valence-electron chi connectivity index (χ3n) is 9.16. The van der Waals surface area contributed by atoms with E-state index in [-0.39, 0.29) is 64.9 Å². The molecule has 0 radical (unpaired) electrons. The maximum atomic E-state index is 14.0. The fourth-order valence-corrected chi connectivity index (χ4v) is 8.68. The van der Waals surface area contributed by atoms with Gasteiger partial charge in [-0.05, 0) is 44.0 Å². The molecular weight excluding hydrogens is 822 g/mol. The molecule has 0 saturated carbocycles. The average molecular weight is 851 g/mol. The molecule has 5 aromatic rings. The number of pyridine rings is 2. The Labute approximate surface area is 329 Å². The van der Waals surface area contributed by atoms with Gasteiger partial charge >= 0.3 is 12.4 Å². The van der Waals surface area contributed by atoms with Gasteiger partial charge in [0.15, 0.2) is 5.75 Å². The number of nitrogens with one attached hydrogen (secondary N) is 1. The highest BCUT2D eigenvalue weighted by Gasteiger charge is 2.37. The van der Waals surface area contributed by atoms with Crippen molar-refractivity contribution >= 4 is 65.8 Å². The molecule has 4 aromatic heterocycles. The van der Waals surface area contributed by atoms with Crippen LogP contribution in [0.4, 0.5) is 32.2 Å². The van der Waals surface area contributed by atoms with Gasteiger partial charge in [0, 0.05) is 59.5 Å². The fourth-order valence-electron chi connectivity index (χ4n) is 6.58. The van der Waals surface area contributed by atoms with Crippen molar-refractivity contribution in [1.29, 1.82) is 5.26 Å². The molecule has 5 heterocycles. The quantitative estimate of drug-likeness (QED) is 0.145. The Morgan fingerprint density at radius 1 is 1.11 bits per heavy atom. The van der Waals surface area contributed by atoms with Crippen LogP contribution in [0.3, 0.4) is 0 Å². The summed E-state index contributed by atoms with van der Waals surface area (Å²) in [6.07, 6.45) is -5.90. The maximum absolute atomic E-state index is 14.0. The van der Waals surface area contributed by atoms with E-state index in [9.17, 15) is 49.6 Å². The van der Waals surface area contributed by atoms with Gasteiger partial charge in [0.25, 0.3) is 11.5 Å². The number of thiophene rings is 1. The van der Waals surface area contributed by atoms with E-state index in [4.69, 9.17) is 11.6 Å². The molecular formula is C36H29ClF6N8O4S2. The van der Waals surface area contributed by atoms with Crippen LogP contribution in [0, 0.1) is 30.1 Å². The fraction of sp³-hybridized carbons (Fsp3) is 0.333. The van der Waals surface area contributed by atoms with Gasteiger partial charge in [-0.15, -0.1) is 11.3 Å². The van der Waals surface area contributed by atoms with Gasteiger partial charge in [0.1, 0.15) is 23.3 Å². The first-order valence-electron chi connectivity index (χ1n) is 16.8. The molecule has 0 atom stereocenters. The lowest BCUT2D eigenvalue weighted by Crippen LogP contribution is -2.46. The van der Waals surface area contributed by atoms with E-state index in [2.05, 4.69) is 32.9 Å². The molecule has 1 aliphatic heterocycles. The number of hydrogen-bond acceptors (Lipinski definition) is 11. The lowest BCUT2D eigenvalue weighted by molar-refractivity contribution is -0.147. The molecule has 1 aromatic carbocycles. The monoisotopic (exact) mass is 850 g/mol. The molecule has 21 heteroatoms. The van der Waals surface area contributed by atoms with Crippen molar-refractivity contribution in [3.05, 3.63) is 79.9 Å². The van der Waals surface area contributed by atoms with Crippen molar-refractivity contribution in [3.8, 4) is 29.0 Å². The molecule has 0 aliphatic carbocycles. The second-order valence-electron chi connectivity index (χ2n) is 13.1. The molecule has 298 valence electrons. The van der Waals surface area contributed by atoms with E-state index in [1.807, 2.05) is 0 Å². The van der Waals surface area contributed by atoms with Crippen molar-refractivity contribution in [2.24, 2.45) is 0 Å². The van der Waals surface area contributed by atoms with Crippen LogP contribution < -0.4 is 15.2 Å². The van der Waals surface area contributed by atoms with Crippen molar-refractivity contribution < 1.29 is 39.6 Å². The number of sulfonamides is 1. The summed E-state index contributed by atoms with van der Waals surface area (Å²) >= 11 is 7.35. The minimum atomic E-state index is -5.07. The van der Waals surface area contributed by atoms with Crippen LogP contribution in [-0.2, 0) is 16.6 Å². The van der Waals surface area contributed by atoms with E-state index in [0.29, 0.717) is 39.3 Å².